The molecule has 0 saturated heterocycles. The SMILES string of the molecule is CCCCCCC(NCC)c1ccsc1. The van der Waals surface area contributed by atoms with Gasteiger partial charge in [-0.25, -0.2) is 0 Å². The summed E-state index contributed by atoms with van der Waals surface area (Å²) >= 11 is 1.80. The van der Waals surface area contributed by atoms with E-state index in [1.807, 2.05) is 0 Å². The first-order chi connectivity index (χ1) is 7.38. The molecule has 1 rings (SSSR count). The minimum atomic E-state index is 0.582. The topological polar surface area (TPSA) is 12.0 Å². The second-order valence-corrected chi connectivity index (χ2v) is 4.80. The summed E-state index contributed by atoms with van der Waals surface area (Å²) in [5.74, 6) is 0. The fraction of sp³-hybridized carbons (Fsp3) is 0.692. The molecule has 1 aromatic rings. The van der Waals surface area contributed by atoms with E-state index in [0.29, 0.717) is 6.04 Å². The lowest BCUT2D eigenvalue weighted by Crippen LogP contribution is -2.20. The van der Waals surface area contributed by atoms with Gasteiger partial charge in [-0.1, -0.05) is 39.5 Å². The molecule has 1 unspecified atom stereocenters. The normalized spacial score (nSPS) is 12.9. The van der Waals surface area contributed by atoms with Gasteiger partial charge in [-0.3, -0.25) is 0 Å². The fourth-order valence-electron chi connectivity index (χ4n) is 1.88. The van der Waals surface area contributed by atoms with Crippen LogP contribution in [0, 0.1) is 0 Å². The van der Waals surface area contributed by atoms with Crippen LogP contribution in [0.5, 0.6) is 0 Å². The maximum absolute atomic E-state index is 3.57. The molecule has 0 aromatic carbocycles. The van der Waals surface area contributed by atoms with Gasteiger partial charge in [-0.05, 0) is 35.4 Å². The van der Waals surface area contributed by atoms with Gasteiger partial charge in [0.25, 0.3) is 0 Å². The van der Waals surface area contributed by atoms with E-state index in [4.69, 9.17) is 0 Å². The molecule has 1 heterocycles. The second kappa shape index (κ2) is 7.89. The highest BCUT2D eigenvalue weighted by Crippen LogP contribution is 2.22. The highest BCUT2D eigenvalue weighted by Gasteiger charge is 2.09. The van der Waals surface area contributed by atoms with Gasteiger partial charge in [-0.2, -0.15) is 11.3 Å². The Balaban J connectivity index is 2.31. The number of unbranched alkanes of at least 4 members (excludes halogenated alkanes) is 3. The Bertz CT molecular complexity index is 231. The smallest absolute Gasteiger partial charge is 0.0328 e. The Kier molecular flexibility index (Phi) is 6.69. The largest absolute Gasteiger partial charge is 0.310 e. The van der Waals surface area contributed by atoms with Crippen LogP contribution >= 0.6 is 11.3 Å². The molecule has 0 radical (unpaired) electrons. The summed E-state index contributed by atoms with van der Waals surface area (Å²) in [6, 6.07) is 2.83. The molecule has 0 fully saturated rings. The summed E-state index contributed by atoms with van der Waals surface area (Å²) in [6.07, 6.45) is 6.71. The van der Waals surface area contributed by atoms with Crippen LogP contribution in [0.15, 0.2) is 16.8 Å². The number of thiophene rings is 1. The zero-order valence-electron chi connectivity index (χ0n) is 9.96. The maximum atomic E-state index is 3.57. The third kappa shape index (κ3) is 4.80. The monoisotopic (exact) mass is 225 g/mol. The predicted molar refractivity (Wildman–Crippen MR) is 69.5 cm³/mol. The quantitative estimate of drug-likeness (QED) is 0.648. The summed E-state index contributed by atoms with van der Waals surface area (Å²) < 4.78 is 0. The van der Waals surface area contributed by atoms with E-state index < -0.39 is 0 Å². The van der Waals surface area contributed by atoms with E-state index in [2.05, 4.69) is 36.0 Å². The lowest BCUT2D eigenvalue weighted by Gasteiger charge is -2.16. The molecular formula is C13H23NS. The van der Waals surface area contributed by atoms with Gasteiger partial charge in [0.2, 0.25) is 0 Å². The predicted octanol–water partition coefficient (Wildman–Crippen LogP) is 4.37. The van der Waals surface area contributed by atoms with Gasteiger partial charge in [0, 0.05) is 6.04 Å². The van der Waals surface area contributed by atoms with Crippen LogP contribution < -0.4 is 5.32 Å². The van der Waals surface area contributed by atoms with E-state index in [1.165, 1.54) is 37.7 Å². The molecule has 1 atom stereocenters. The van der Waals surface area contributed by atoms with Crippen molar-refractivity contribution < 1.29 is 0 Å². The van der Waals surface area contributed by atoms with E-state index in [0.717, 1.165) is 6.54 Å². The molecule has 0 aliphatic carbocycles. The Hall–Kier alpha value is -0.340. The van der Waals surface area contributed by atoms with Crippen LogP contribution in [0.3, 0.4) is 0 Å². The highest BCUT2D eigenvalue weighted by atomic mass is 32.1. The molecule has 0 spiro atoms. The van der Waals surface area contributed by atoms with Gasteiger partial charge in [-0.15, -0.1) is 0 Å². The molecule has 0 bridgehead atoms. The van der Waals surface area contributed by atoms with Crippen LogP contribution in [-0.4, -0.2) is 6.54 Å². The first-order valence-electron chi connectivity index (χ1n) is 6.14. The van der Waals surface area contributed by atoms with Gasteiger partial charge in [0.1, 0.15) is 0 Å². The lowest BCUT2D eigenvalue weighted by atomic mass is 10.0. The van der Waals surface area contributed by atoms with Crippen LogP contribution in [0.2, 0.25) is 0 Å². The standard InChI is InChI=1S/C13H23NS/c1-3-5-6-7-8-13(14-4-2)12-9-10-15-11-12/h9-11,13-14H,3-8H2,1-2H3. The van der Waals surface area contributed by atoms with E-state index >= 15 is 0 Å². The van der Waals surface area contributed by atoms with Gasteiger partial charge in [0.15, 0.2) is 0 Å². The van der Waals surface area contributed by atoms with E-state index in [1.54, 1.807) is 11.3 Å². The molecular weight excluding hydrogens is 202 g/mol. The summed E-state index contributed by atoms with van der Waals surface area (Å²) in [4.78, 5) is 0. The zero-order valence-corrected chi connectivity index (χ0v) is 10.8. The number of rotatable bonds is 8. The summed E-state index contributed by atoms with van der Waals surface area (Å²) in [5.41, 5.74) is 1.47. The van der Waals surface area contributed by atoms with Crippen LogP contribution in [0.4, 0.5) is 0 Å². The summed E-state index contributed by atoms with van der Waals surface area (Å²) in [7, 11) is 0. The molecule has 2 heteroatoms. The average molecular weight is 225 g/mol. The van der Waals surface area contributed by atoms with Crippen molar-refractivity contribution in [2.24, 2.45) is 0 Å². The summed E-state index contributed by atoms with van der Waals surface area (Å²) in [5, 5.41) is 8.01. The molecule has 86 valence electrons. The zero-order chi connectivity index (χ0) is 10.9. The van der Waals surface area contributed by atoms with Crippen molar-refractivity contribution in [2.75, 3.05) is 6.54 Å². The molecule has 0 aliphatic rings. The number of hydrogen-bond donors (Lipinski definition) is 1. The average Bonchev–Trinajstić information content (AvgIpc) is 2.76. The number of nitrogens with one attached hydrogen (secondary N) is 1. The van der Waals surface area contributed by atoms with Crippen LogP contribution in [0.25, 0.3) is 0 Å². The molecule has 1 N–H and O–H groups in total. The van der Waals surface area contributed by atoms with Gasteiger partial charge in [0.05, 0.1) is 0 Å². The molecule has 1 aromatic heterocycles. The van der Waals surface area contributed by atoms with Crippen molar-refractivity contribution in [2.45, 2.75) is 52.0 Å². The highest BCUT2D eigenvalue weighted by molar-refractivity contribution is 7.07. The Morgan fingerprint density at radius 3 is 2.73 bits per heavy atom. The first kappa shape index (κ1) is 12.7. The first-order valence-corrected chi connectivity index (χ1v) is 7.08. The third-order valence-electron chi connectivity index (χ3n) is 2.74. The van der Waals surface area contributed by atoms with Crippen molar-refractivity contribution in [1.82, 2.24) is 5.32 Å². The van der Waals surface area contributed by atoms with Crippen molar-refractivity contribution in [3.8, 4) is 0 Å². The molecule has 0 aliphatic heterocycles. The van der Waals surface area contributed by atoms with Gasteiger partial charge >= 0.3 is 0 Å². The van der Waals surface area contributed by atoms with Crippen LogP contribution in [0.1, 0.15) is 57.6 Å². The van der Waals surface area contributed by atoms with Crippen molar-refractivity contribution >= 4 is 11.3 Å². The van der Waals surface area contributed by atoms with Gasteiger partial charge < -0.3 is 5.32 Å². The molecule has 0 saturated carbocycles. The van der Waals surface area contributed by atoms with E-state index in [9.17, 15) is 0 Å². The lowest BCUT2D eigenvalue weighted by molar-refractivity contribution is 0.483. The van der Waals surface area contributed by atoms with Crippen molar-refractivity contribution in [3.05, 3.63) is 22.4 Å². The minimum absolute atomic E-state index is 0.582. The van der Waals surface area contributed by atoms with Crippen molar-refractivity contribution in [3.63, 3.8) is 0 Å². The Morgan fingerprint density at radius 1 is 1.27 bits per heavy atom. The van der Waals surface area contributed by atoms with Crippen LogP contribution in [-0.2, 0) is 0 Å². The maximum Gasteiger partial charge on any atom is 0.0328 e. The number of hydrogen-bond acceptors (Lipinski definition) is 2. The third-order valence-corrected chi connectivity index (χ3v) is 3.44. The molecule has 15 heavy (non-hydrogen) atoms. The van der Waals surface area contributed by atoms with E-state index in [-0.39, 0.29) is 0 Å². The Morgan fingerprint density at radius 2 is 2.13 bits per heavy atom. The second-order valence-electron chi connectivity index (χ2n) is 4.02. The fourth-order valence-corrected chi connectivity index (χ4v) is 2.60. The Labute approximate surface area is 97.9 Å². The molecule has 1 nitrogen and oxygen atoms in total. The van der Waals surface area contributed by atoms with Crippen molar-refractivity contribution in [1.29, 1.82) is 0 Å². The summed E-state index contributed by atoms with van der Waals surface area (Å²) in [6.45, 7) is 5.51. The minimum Gasteiger partial charge on any atom is -0.310 e. The molecule has 0 amide bonds.